The Balaban J connectivity index is 1.92. The number of hydrogen-bond donors (Lipinski definition) is 0. The Labute approximate surface area is 134 Å². The van der Waals surface area contributed by atoms with Crippen LogP contribution in [-0.2, 0) is 4.79 Å². The van der Waals surface area contributed by atoms with Crippen molar-refractivity contribution < 1.29 is 9.59 Å². The van der Waals surface area contributed by atoms with Gasteiger partial charge in [-0.1, -0.05) is 48.0 Å². The van der Waals surface area contributed by atoms with Crippen LogP contribution in [0.4, 0.5) is 5.69 Å². The third-order valence-electron chi connectivity index (χ3n) is 3.96. The third kappa shape index (κ3) is 2.39. The minimum absolute atomic E-state index is 0.0470. The van der Waals surface area contributed by atoms with Crippen LogP contribution in [0.2, 0.25) is 5.02 Å². The van der Waals surface area contributed by atoms with Crippen LogP contribution in [0.3, 0.4) is 0 Å². The standard InChI is InChI=1S/C18H15ClNO2/c1-20(11-5-8-13-6-3-2-4-7-13)16-10-9-14(19)12-15(16)17(21)18(20)22/h2-10,12H,11H2,1H3/q+1. The van der Waals surface area contributed by atoms with E-state index in [0.29, 0.717) is 22.8 Å². The molecule has 0 saturated carbocycles. The van der Waals surface area contributed by atoms with Gasteiger partial charge in [-0.25, -0.2) is 9.28 Å². The van der Waals surface area contributed by atoms with Crippen molar-refractivity contribution >= 4 is 35.1 Å². The number of hydrogen-bond acceptors (Lipinski definition) is 2. The van der Waals surface area contributed by atoms with Crippen molar-refractivity contribution in [1.82, 2.24) is 4.48 Å². The number of likely N-dealkylation sites (N-methyl/N-ethyl adjacent to an activating group) is 1. The molecule has 0 saturated heterocycles. The highest BCUT2D eigenvalue weighted by atomic mass is 35.5. The van der Waals surface area contributed by atoms with Gasteiger partial charge >= 0.3 is 5.91 Å². The molecule has 0 aliphatic carbocycles. The Hall–Kier alpha value is -2.23. The number of quaternary nitrogens is 1. The first-order valence-electron chi connectivity index (χ1n) is 6.99. The second-order valence-electron chi connectivity index (χ2n) is 5.48. The lowest BCUT2D eigenvalue weighted by Crippen LogP contribution is -2.49. The van der Waals surface area contributed by atoms with Crippen LogP contribution in [0.15, 0.2) is 54.6 Å². The van der Waals surface area contributed by atoms with Gasteiger partial charge in [-0.2, -0.15) is 0 Å². The van der Waals surface area contributed by atoms with E-state index in [1.165, 1.54) is 0 Å². The minimum atomic E-state index is -0.465. The fourth-order valence-electron chi connectivity index (χ4n) is 2.71. The summed E-state index contributed by atoms with van der Waals surface area (Å²) in [4.78, 5) is 24.5. The SMILES string of the molecule is C[N+]1(CC=Cc2ccccc2)C(=O)C(=O)c2cc(Cl)ccc21. The summed E-state index contributed by atoms with van der Waals surface area (Å²) in [7, 11) is 1.76. The van der Waals surface area contributed by atoms with E-state index >= 15 is 0 Å². The summed E-state index contributed by atoms with van der Waals surface area (Å²) < 4.78 is -0.0470. The molecule has 2 aromatic carbocycles. The van der Waals surface area contributed by atoms with E-state index in [2.05, 4.69) is 0 Å². The lowest BCUT2D eigenvalue weighted by molar-refractivity contribution is -0.123. The second-order valence-corrected chi connectivity index (χ2v) is 5.92. The fraction of sp³-hybridized carbons (Fsp3) is 0.111. The Bertz CT molecular complexity index is 783. The van der Waals surface area contributed by atoms with Gasteiger partial charge in [0.05, 0.1) is 12.6 Å². The molecule has 22 heavy (non-hydrogen) atoms. The molecule has 0 aromatic heterocycles. The van der Waals surface area contributed by atoms with E-state index in [1.807, 2.05) is 42.5 Å². The highest BCUT2D eigenvalue weighted by Crippen LogP contribution is 2.35. The Morgan fingerprint density at radius 1 is 1.09 bits per heavy atom. The van der Waals surface area contributed by atoms with Crippen LogP contribution < -0.4 is 4.48 Å². The average molecular weight is 313 g/mol. The number of nitrogens with zero attached hydrogens (tertiary/aromatic N) is 1. The molecule has 2 aromatic rings. The van der Waals surface area contributed by atoms with Gasteiger partial charge in [-0.3, -0.25) is 4.79 Å². The lowest BCUT2D eigenvalue weighted by Gasteiger charge is -2.24. The quantitative estimate of drug-likeness (QED) is 0.639. The summed E-state index contributed by atoms with van der Waals surface area (Å²) in [6.45, 7) is 0.425. The van der Waals surface area contributed by atoms with E-state index in [4.69, 9.17) is 11.6 Å². The first-order valence-corrected chi connectivity index (χ1v) is 7.36. The van der Waals surface area contributed by atoms with Gasteiger partial charge in [-0.15, -0.1) is 0 Å². The van der Waals surface area contributed by atoms with Crippen LogP contribution in [0.5, 0.6) is 0 Å². The van der Waals surface area contributed by atoms with E-state index in [0.717, 1.165) is 5.56 Å². The summed E-state index contributed by atoms with van der Waals surface area (Å²) in [6, 6.07) is 14.9. The fourth-order valence-corrected chi connectivity index (χ4v) is 2.89. The van der Waals surface area contributed by atoms with E-state index < -0.39 is 11.7 Å². The van der Waals surface area contributed by atoms with E-state index in [9.17, 15) is 9.59 Å². The zero-order chi connectivity index (χ0) is 15.7. The number of amides is 1. The number of Topliss-reactive ketones (excluding diaryl/α,β-unsaturated/α-hetero) is 1. The van der Waals surface area contributed by atoms with Crippen molar-refractivity contribution in [1.29, 1.82) is 0 Å². The topological polar surface area (TPSA) is 34.1 Å². The minimum Gasteiger partial charge on any atom is -0.278 e. The molecule has 0 bridgehead atoms. The smallest absolute Gasteiger partial charge is 0.278 e. The number of benzene rings is 2. The van der Waals surface area contributed by atoms with Crippen molar-refractivity contribution in [2.24, 2.45) is 0 Å². The molecular weight excluding hydrogens is 298 g/mol. The number of rotatable bonds is 3. The van der Waals surface area contributed by atoms with Gasteiger partial charge in [0.15, 0.2) is 5.69 Å². The van der Waals surface area contributed by atoms with Crippen LogP contribution in [0.1, 0.15) is 15.9 Å². The van der Waals surface area contributed by atoms with Crippen LogP contribution in [0, 0.1) is 0 Å². The molecule has 3 nitrogen and oxygen atoms in total. The predicted molar refractivity (Wildman–Crippen MR) is 88.9 cm³/mol. The van der Waals surface area contributed by atoms with Crippen LogP contribution >= 0.6 is 11.6 Å². The third-order valence-corrected chi connectivity index (χ3v) is 4.19. The molecule has 1 heterocycles. The maximum Gasteiger partial charge on any atom is 0.392 e. The molecular formula is C18H15ClNO2+. The molecule has 0 radical (unpaired) electrons. The van der Waals surface area contributed by atoms with Crippen LogP contribution in [0.25, 0.3) is 6.08 Å². The Morgan fingerprint density at radius 3 is 2.55 bits per heavy atom. The van der Waals surface area contributed by atoms with Gasteiger partial charge in [0.2, 0.25) is 0 Å². The normalized spacial score (nSPS) is 20.6. The van der Waals surface area contributed by atoms with Gasteiger partial charge in [-0.05, 0) is 23.8 Å². The maximum absolute atomic E-state index is 12.4. The highest BCUT2D eigenvalue weighted by Gasteiger charge is 2.49. The number of ketones is 1. The number of carbonyl (C=O) groups excluding carboxylic acids is 2. The summed E-state index contributed by atoms with van der Waals surface area (Å²) in [5.41, 5.74) is 2.17. The van der Waals surface area contributed by atoms with Crippen molar-refractivity contribution in [2.75, 3.05) is 13.6 Å². The first-order chi connectivity index (χ1) is 10.5. The number of carbonyl (C=O) groups is 2. The molecule has 110 valence electrons. The van der Waals surface area contributed by atoms with E-state index in [-0.39, 0.29) is 4.48 Å². The maximum atomic E-state index is 12.4. The van der Waals surface area contributed by atoms with Crippen molar-refractivity contribution in [3.05, 3.63) is 70.8 Å². The predicted octanol–water partition coefficient (Wildman–Crippen LogP) is 3.71. The zero-order valence-electron chi connectivity index (χ0n) is 12.1. The zero-order valence-corrected chi connectivity index (χ0v) is 12.9. The Morgan fingerprint density at radius 2 is 1.82 bits per heavy atom. The molecule has 0 N–H and O–H groups in total. The van der Waals surface area contributed by atoms with Crippen LogP contribution in [-0.4, -0.2) is 25.3 Å². The molecule has 1 atom stereocenters. The molecule has 1 aliphatic rings. The largest absolute Gasteiger partial charge is 0.392 e. The molecule has 3 rings (SSSR count). The molecule has 0 spiro atoms. The van der Waals surface area contributed by atoms with Crippen molar-refractivity contribution in [2.45, 2.75) is 0 Å². The van der Waals surface area contributed by atoms with Gasteiger partial charge in [0.1, 0.15) is 6.54 Å². The van der Waals surface area contributed by atoms with Gasteiger partial charge in [0, 0.05) is 11.1 Å². The molecule has 4 heteroatoms. The summed E-state index contributed by atoms with van der Waals surface area (Å²) in [5.74, 6) is -0.886. The first kappa shape index (κ1) is 14.7. The van der Waals surface area contributed by atoms with Crippen molar-refractivity contribution in [3.8, 4) is 0 Å². The monoisotopic (exact) mass is 312 g/mol. The molecule has 1 amide bonds. The molecule has 1 unspecified atom stereocenters. The lowest BCUT2D eigenvalue weighted by atomic mass is 10.1. The summed E-state index contributed by atoms with van der Waals surface area (Å²) >= 11 is 5.93. The molecule has 0 fully saturated rings. The average Bonchev–Trinajstić information content (AvgIpc) is 2.70. The molecule has 1 aliphatic heterocycles. The van der Waals surface area contributed by atoms with Crippen molar-refractivity contribution in [3.63, 3.8) is 0 Å². The number of fused-ring (bicyclic) bond motifs is 1. The van der Waals surface area contributed by atoms with E-state index in [1.54, 1.807) is 25.2 Å². The summed E-state index contributed by atoms with van der Waals surface area (Å²) in [5, 5.41) is 0.466. The summed E-state index contributed by atoms with van der Waals surface area (Å²) in [6.07, 6.45) is 3.87. The highest BCUT2D eigenvalue weighted by molar-refractivity contribution is 6.50. The second kappa shape index (κ2) is 5.52. The van der Waals surface area contributed by atoms with Gasteiger partial charge in [0.25, 0.3) is 5.78 Å². The van der Waals surface area contributed by atoms with Gasteiger partial charge < -0.3 is 0 Å². The number of halogens is 1. The Kier molecular flexibility index (Phi) is 3.69.